The fourth-order valence-electron chi connectivity index (χ4n) is 2.89. The van der Waals surface area contributed by atoms with Crippen LogP contribution in [0.3, 0.4) is 0 Å². The summed E-state index contributed by atoms with van der Waals surface area (Å²) in [5.74, 6) is -1.06. The zero-order valence-electron chi connectivity index (χ0n) is 13.9. The van der Waals surface area contributed by atoms with E-state index in [0.29, 0.717) is 11.3 Å². The van der Waals surface area contributed by atoms with Gasteiger partial charge in [0.15, 0.2) is 0 Å². The monoisotopic (exact) mass is 357 g/mol. The quantitative estimate of drug-likeness (QED) is 0.672. The second-order valence-corrected chi connectivity index (χ2v) is 6.11. The van der Waals surface area contributed by atoms with Crippen molar-refractivity contribution in [1.82, 2.24) is 5.32 Å². The first-order valence-corrected chi connectivity index (χ1v) is 7.97. The number of carbonyl (C=O) groups excluding carboxylic acids is 2. The highest BCUT2D eigenvalue weighted by molar-refractivity contribution is 5.99. The molecular formula is C18H16FN3O4. The topological polar surface area (TPSA) is 92.6 Å². The van der Waals surface area contributed by atoms with Crippen LogP contribution in [0, 0.1) is 22.9 Å². The summed E-state index contributed by atoms with van der Waals surface area (Å²) in [6.45, 7) is 1.85. The minimum Gasteiger partial charge on any atom is -0.347 e. The van der Waals surface area contributed by atoms with Crippen LogP contribution in [0.1, 0.15) is 22.3 Å². The molecule has 1 atom stereocenters. The van der Waals surface area contributed by atoms with Gasteiger partial charge in [-0.1, -0.05) is 6.07 Å². The SMILES string of the molecule is Cc1ccc(C(=O)N[C@H]2CC(=O)N(c3ccc(F)cc3)C2)cc1[N+](=O)[O-]. The van der Waals surface area contributed by atoms with Crippen LogP contribution in [0.4, 0.5) is 15.8 Å². The third kappa shape index (κ3) is 3.53. The van der Waals surface area contributed by atoms with Crippen molar-refractivity contribution in [3.8, 4) is 0 Å². The number of nitro benzene ring substituents is 1. The van der Waals surface area contributed by atoms with Gasteiger partial charge >= 0.3 is 0 Å². The van der Waals surface area contributed by atoms with Crippen molar-refractivity contribution in [2.75, 3.05) is 11.4 Å². The Kier molecular flexibility index (Phi) is 4.66. The van der Waals surface area contributed by atoms with E-state index in [4.69, 9.17) is 0 Å². The molecule has 0 bridgehead atoms. The third-order valence-electron chi connectivity index (χ3n) is 4.27. The molecule has 7 nitrogen and oxygen atoms in total. The summed E-state index contributed by atoms with van der Waals surface area (Å²) < 4.78 is 13.0. The highest BCUT2D eigenvalue weighted by Crippen LogP contribution is 2.23. The minimum absolute atomic E-state index is 0.108. The first-order chi connectivity index (χ1) is 12.3. The number of anilines is 1. The van der Waals surface area contributed by atoms with E-state index in [2.05, 4.69) is 5.32 Å². The molecule has 1 N–H and O–H groups in total. The molecule has 2 aromatic rings. The Morgan fingerprint density at radius 1 is 1.27 bits per heavy atom. The molecule has 2 amide bonds. The second-order valence-electron chi connectivity index (χ2n) is 6.11. The Labute approximate surface area is 148 Å². The number of nitrogens with one attached hydrogen (secondary N) is 1. The van der Waals surface area contributed by atoms with E-state index in [1.807, 2.05) is 0 Å². The maximum atomic E-state index is 13.0. The first-order valence-electron chi connectivity index (χ1n) is 7.97. The van der Waals surface area contributed by atoms with Gasteiger partial charge in [0.2, 0.25) is 5.91 Å². The summed E-state index contributed by atoms with van der Waals surface area (Å²) >= 11 is 0. The summed E-state index contributed by atoms with van der Waals surface area (Å²) in [4.78, 5) is 36.5. The van der Waals surface area contributed by atoms with Crippen LogP contribution in [0.15, 0.2) is 42.5 Å². The van der Waals surface area contributed by atoms with Gasteiger partial charge in [0.25, 0.3) is 11.6 Å². The number of carbonyl (C=O) groups is 2. The number of hydrogen-bond acceptors (Lipinski definition) is 4. The molecular weight excluding hydrogens is 341 g/mol. The first kappa shape index (κ1) is 17.5. The average molecular weight is 357 g/mol. The molecule has 8 heteroatoms. The maximum Gasteiger partial charge on any atom is 0.273 e. The molecule has 26 heavy (non-hydrogen) atoms. The molecule has 1 heterocycles. The predicted octanol–water partition coefficient (Wildman–Crippen LogP) is 2.58. The Bertz CT molecular complexity index is 883. The van der Waals surface area contributed by atoms with Crippen molar-refractivity contribution in [3.05, 3.63) is 69.5 Å². The number of nitro groups is 1. The summed E-state index contributed by atoms with van der Waals surface area (Å²) in [7, 11) is 0. The number of aryl methyl sites for hydroxylation is 1. The molecule has 1 fully saturated rings. The van der Waals surface area contributed by atoms with Crippen LogP contribution in [0.5, 0.6) is 0 Å². The smallest absolute Gasteiger partial charge is 0.273 e. The Morgan fingerprint density at radius 2 is 1.96 bits per heavy atom. The van der Waals surface area contributed by atoms with Crippen LogP contribution >= 0.6 is 0 Å². The molecule has 0 aliphatic carbocycles. The lowest BCUT2D eigenvalue weighted by Gasteiger charge is -2.17. The molecule has 1 aliphatic rings. The van der Waals surface area contributed by atoms with Gasteiger partial charge in [-0.15, -0.1) is 0 Å². The maximum absolute atomic E-state index is 13.0. The normalized spacial score (nSPS) is 16.6. The van der Waals surface area contributed by atoms with Crippen molar-refractivity contribution in [3.63, 3.8) is 0 Å². The van der Waals surface area contributed by atoms with Crippen molar-refractivity contribution < 1.29 is 18.9 Å². The lowest BCUT2D eigenvalue weighted by Crippen LogP contribution is -2.37. The highest BCUT2D eigenvalue weighted by Gasteiger charge is 2.32. The number of nitrogens with zero attached hydrogens (tertiary/aromatic N) is 2. The van der Waals surface area contributed by atoms with Crippen LogP contribution in [0.2, 0.25) is 0 Å². The standard InChI is InChI=1S/C18H16FN3O4/c1-11-2-3-12(8-16(11)22(25)26)18(24)20-14-9-17(23)21(10-14)15-6-4-13(19)5-7-15/h2-8,14H,9-10H2,1H3,(H,20,24)/t14-/m0/s1. The van der Waals surface area contributed by atoms with Crippen molar-refractivity contribution in [2.24, 2.45) is 0 Å². The van der Waals surface area contributed by atoms with Gasteiger partial charge in [-0.25, -0.2) is 4.39 Å². The van der Waals surface area contributed by atoms with Gasteiger partial charge in [-0.2, -0.15) is 0 Å². The fraction of sp³-hybridized carbons (Fsp3) is 0.222. The van der Waals surface area contributed by atoms with E-state index in [-0.39, 0.29) is 30.1 Å². The van der Waals surface area contributed by atoms with Gasteiger partial charge in [0.05, 0.1) is 11.0 Å². The molecule has 0 saturated carbocycles. The number of benzene rings is 2. The zero-order chi connectivity index (χ0) is 18.8. The molecule has 0 spiro atoms. The molecule has 0 radical (unpaired) electrons. The summed E-state index contributed by atoms with van der Waals surface area (Å²) in [5.41, 5.74) is 1.05. The predicted molar refractivity (Wildman–Crippen MR) is 92.5 cm³/mol. The molecule has 0 aromatic heterocycles. The van der Waals surface area contributed by atoms with Gasteiger partial charge < -0.3 is 10.2 Å². The highest BCUT2D eigenvalue weighted by atomic mass is 19.1. The summed E-state index contributed by atoms with van der Waals surface area (Å²) in [5, 5.41) is 13.7. The molecule has 0 unspecified atom stereocenters. The van der Waals surface area contributed by atoms with E-state index < -0.39 is 22.7 Å². The Hall–Kier alpha value is -3.29. The van der Waals surface area contributed by atoms with Crippen LogP contribution in [0.25, 0.3) is 0 Å². The lowest BCUT2D eigenvalue weighted by molar-refractivity contribution is -0.385. The average Bonchev–Trinajstić information content (AvgIpc) is 2.96. The number of halogens is 1. The number of hydrogen-bond donors (Lipinski definition) is 1. The zero-order valence-corrected chi connectivity index (χ0v) is 13.9. The number of rotatable bonds is 4. The van der Waals surface area contributed by atoms with E-state index in [1.165, 1.54) is 47.4 Å². The minimum atomic E-state index is -0.540. The fourth-order valence-corrected chi connectivity index (χ4v) is 2.89. The van der Waals surface area contributed by atoms with Gasteiger partial charge in [-0.3, -0.25) is 19.7 Å². The van der Waals surface area contributed by atoms with E-state index in [1.54, 1.807) is 6.92 Å². The largest absolute Gasteiger partial charge is 0.347 e. The van der Waals surface area contributed by atoms with E-state index in [9.17, 15) is 24.1 Å². The molecule has 1 aliphatic heterocycles. The van der Waals surface area contributed by atoms with E-state index >= 15 is 0 Å². The van der Waals surface area contributed by atoms with Gasteiger partial charge in [-0.05, 0) is 37.3 Å². The van der Waals surface area contributed by atoms with Gasteiger partial charge in [0.1, 0.15) is 5.82 Å². The Balaban J connectivity index is 1.71. The van der Waals surface area contributed by atoms with E-state index in [0.717, 1.165) is 0 Å². The summed E-state index contributed by atoms with van der Waals surface area (Å²) in [6, 6.07) is 9.34. The lowest BCUT2D eigenvalue weighted by atomic mass is 10.1. The molecule has 2 aromatic carbocycles. The molecule has 3 rings (SSSR count). The molecule has 1 saturated heterocycles. The van der Waals surface area contributed by atoms with Crippen molar-refractivity contribution in [2.45, 2.75) is 19.4 Å². The summed E-state index contributed by atoms with van der Waals surface area (Å²) in [6.07, 6.45) is 0.108. The van der Waals surface area contributed by atoms with Crippen LogP contribution < -0.4 is 10.2 Å². The van der Waals surface area contributed by atoms with Crippen LogP contribution in [-0.2, 0) is 4.79 Å². The molecule has 134 valence electrons. The Morgan fingerprint density at radius 3 is 2.62 bits per heavy atom. The second kappa shape index (κ2) is 6.91. The van der Waals surface area contributed by atoms with Crippen LogP contribution in [-0.4, -0.2) is 29.3 Å². The van der Waals surface area contributed by atoms with Gasteiger partial charge in [0, 0.05) is 35.8 Å². The van der Waals surface area contributed by atoms with Crippen molar-refractivity contribution in [1.29, 1.82) is 0 Å². The third-order valence-corrected chi connectivity index (χ3v) is 4.27. The number of amides is 2. The van der Waals surface area contributed by atoms with Crippen molar-refractivity contribution >= 4 is 23.2 Å².